The molecule has 2 aliphatic heterocycles. The number of ether oxygens (including phenoxy) is 1. The third kappa shape index (κ3) is 7.39. The summed E-state index contributed by atoms with van der Waals surface area (Å²) >= 11 is 1.01. The summed E-state index contributed by atoms with van der Waals surface area (Å²) in [6.45, 7) is 7.03. The highest BCUT2D eigenvalue weighted by Gasteiger charge is 2.50. The molecule has 3 N–H and O–H groups in total. The smallest absolute Gasteiger partial charge is 0.374 e. The van der Waals surface area contributed by atoms with E-state index in [1.807, 2.05) is 49.9 Å². The van der Waals surface area contributed by atoms with E-state index in [-0.39, 0.29) is 28.8 Å². The Labute approximate surface area is 294 Å². The molecule has 2 fully saturated rings. The second-order valence-electron chi connectivity index (χ2n) is 14.8. The number of benzene rings is 2. The van der Waals surface area contributed by atoms with Crippen molar-refractivity contribution in [3.63, 3.8) is 0 Å². The predicted molar refractivity (Wildman–Crippen MR) is 186 cm³/mol. The quantitative estimate of drug-likeness (QED) is 0.253. The maximum Gasteiger partial charge on any atom is 0.399 e. The fourth-order valence-corrected chi connectivity index (χ4v) is 8.80. The van der Waals surface area contributed by atoms with Gasteiger partial charge < -0.3 is 29.6 Å². The van der Waals surface area contributed by atoms with Crippen LogP contribution >= 0.6 is 18.9 Å². The van der Waals surface area contributed by atoms with E-state index in [2.05, 4.69) is 5.32 Å². The zero-order valence-electron chi connectivity index (χ0n) is 28.4. The molecule has 50 heavy (non-hydrogen) atoms. The van der Waals surface area contributed by atoms with Crippen molar-refractivity contribution in [2.24, 2.45) is 11.3 Å². The summed E-state index contributed by atoms with van der Waals surface area (Å²) in [5.41, 5.74) is -4.11. The number of nitrogens with one attached hydrogen (secondary N) is 1. The van der Waals surface area contributed by atoms with Gasteiger partial charge in [0, 0.05) is 36.3 Å². The van der Waals surface area contributed by atoms with Crippen LogP contribution in [0, 0.1) is 11.3 Å². The molecule has 3 atom stereocenters. The first-order valence-electron chi connectivity index (χ1n) is 17.1. The van der Waals surface area contributed by atoms with E-state index < -0.39 is 48.1 Å². The van der Waals surface area contributed by atoms with E-state index in [9.17, 15) is 37.5 Å². The molecule has 2 aromatic carbocycles. The van der Waals surface area contributed by atoms with E-state index in [0.29, 0.717) is 36.7 Å². The Morgan fingerprint density at radius 2 is 1.72 bits per heavy atom. The molecule has 3 amide bonds. The van der Waals surface area contributed by atoms with Gasteiger partial charge in [0.15, 0.2) is 0 Å². The van der Waals surface area contributed by atoms with Crippen LogP contribution in [0.15, 0.2) is 48.5 Å². The molecule has 270 valence electrons. The summed E-state index contributed by atoms with van der Waals surface area (Å²) in [5.74, 6) is -0.733. The van der Waals surface area contributed by atoms with E-state index in [0.717, 1.165) is 60.3 Å². The Balaban J connectivity index is 1.25. The zero-order valence-corrected chi connectivity index (χ0v) is 30.2. The first-order valence-corrected chi connectivity index (χ1v) is 19.5. The molecule has 0 spiro atoms. The molecule has 3 aromatic rings. The van der Waals surface area contributed by atoms with Gasteiger partial charge in [0.25, 0.3) is 5.91 Å². The third-order valence-electron chi connectivity index (χ3n) is 10.2. The van der Waals surface area contributed by atoms with Crippen molar-refractivity contribution < 1.29 is 42.3 Å². The monoisotopic (exact) mass is 731 g/mol. The molecule has 1 saturated carbocycles. The summed E-state index contributed by atoms with van der Waals surface area (Å²) in [6.07, 6.45) is 6.02. The summed E-state index contributed by atoms with van der Waals surface area (Å²) in [5, 5.41) is 3.08. The highest BCUT2D eigenvalue weighted by molar-refractivity contribution is 7.52. The van der Waals surface area contributed by atoms with Crippen molar-refractivity contribution in [3.8, 4) is 0 Å². The van der Waals surface area contributed by atoms with Gasteiger partial charge in [-0.1, -0.05) is 70.4 Å². The largest absolute Gasteiger partial charge is 0.399 e. The molecule has 6 rings (SSSR count). The Bertz CT molecular complexity index is 1820. The maximum absolute atomic E-state index is 14.6. The van der Waals surface area contributed by atoms with Crippen molar-refractivity contribution in [3.05, 3.63) is 70.1 Å². The molecule has 3 heterocycles. The number of carbonyl (C=O) groups is 3. The SMILES string of the molecule is CC(C)(C)[C@H](NC(=O)c1cc2cc(C(F)(F)P(=O)(O)O)ccc2s1)C(=O)N1Cc2ccccc2C[C@H]1C(=O)N1CCOC(C2CCCCC2)C1. The lowest BCUT2D eigenvalue weighted by Crippen LogP contribution is -2.62. The lowest BCUT2D eigenvalue weighted by atomic mass is 9.83. The van der Waals surface area contributed by atoms with Crippen LogP contribution < -0.4 is 5.32 Å². The normalized spacial score (nSPS) is 21.5. The lowest BCUT2D eigenvalue weighted by molar-refractivity contribution is -0.155. The molecule has 0 bridgehead atoms. The van der Waals surface area contributed by atoms with Gasteiger partial charge >= 0.3 is 13.3 Å². The number of rotatable bonds is 7. The van der Waals surface area contributed by atoms with Crippen LogP contribution in [0.5, 0.6) is 0 Å². The Morgan fingerprint density at radius 1 is 1.02 bits per heavy atom. The van der Waals surface area contributed by atoms with Crippen molar-refractivity contribution in [2.75, 3.05) is 19.7 Å². The van der Waals surface area contributed by atoms with Gasteiger partial charge in [-0.2, -0.15) is 8.78 Å². The van der Waals surface area contributed by atoms with Crippen molar-refractivity contribution in [1.29, 1.82) is 0 Å². The van der Waals surface area contributed by atoms with Gasteiger partial charge in [0.1, 0.15) is 12.1 Å². The minimum absolute atomic E-state index is 0.0324. The third-order valence-corrected chi connectivity index (χ3v) is 12.3. The van der Waals surface area contributed by atoms with Crippen LogP contribution in [0.4, 0.5) is 8.78 Å². The van der Waals surface area contributed by atoms with Gasteiger partial charge in [0.05, 0.1) is 17.6 Å². The van der Waals surface area contributed by atoms with Crippen LogP contribution in [-0.2, 0) is 37.5 Å². The van der Waals surface area contributed by atoms with Gasteiger partial charge in [-0.25, -0.2) is 0 Å². The van der Waals surface area contributed by atoms with Crippen molar-refractivity contribution in [2.45, 2.75) is 89.7 Å². The number of amides is 3. The molecule has 0 radical (unpaired) electrons. The Hall–Kier alpha value is -3.22. The number of fused-ring (bicyclic) bond motifs is 2. The number of carbonyl (C=O) groups excluding carboxylic acids is 3. The van der Waals surface area contributed by atoms with E-state index in [4.69, 9.17) is 4.74 Å². The topological polar surface area (TPSA) is 136 Å². The minimum atomic E-state index is -5.78. The number of alkyl halides is 2. The number of halogens is 2. The van der Waals surface area contributed by atoms with E-state index in [1.165, 1.54) is 18.6 Å². The summed E-state index contributed by atoms with van der Waals surface area (Å²) in [6, 6.07) is 10.5. The van der Waals surface area contributed by atoms with Crippen LogP contribution in [0.25, 0.3) is 10.1 Å². The van der Waals surface area contributed by atoms with Crippen molar-refractivity contribution >= 4 is 46.7 Å². The molecule has 1 unspecified atom stereocenters. The lowest BCUT2D eigenvalue weighted by Gasteiger charge is -2.44. The van der Waals surface area contributed by atoms with Crippen molar-refractivity contribution in [1.82, 2.24) is 15.1 Å². The molecule has 3 aliphatic rings. The number of hydrogen-bond donors (Lipinski definition) is 3. The van der Waals surface area contributed by atoms with Gasteiger partial charge in [-0.05, 0) is 58.9 Å². The fraction of sp³-hybridized carbons (Fsp3) is 0.528. The predicted octanol–water partition coefficient (Wildman–Crippen LogP) is 6.03. The number of hydrogen-bond acceptors (Lipinski definition) is 6. The average molecular weight is 732 g/mol. The molecule has 1 aromatic heterocycles. The molecular formula is C36H44F2N3O7PS. The maximum atomic E-state index is 14.6. The molecular weight excluding hydrogens is 687 g/mol. The highest BCUT2D eigenvalue weighted by Crippen LogP contribution is 2.59. The number of morpholine rings is 1. The van der Waals surface area contributed by atoms with Crippen LogP contribution in [0.1, 0.15) is 79.2 Å². The minimum Gasteiger partial charge on any atom is -0.374 e. The van der Waals surface area contributed by atoms with Crippen LogP contribution in [-0.4, -0.2) is 75.2 Å². The van der Waals surface area contributed by atoms with Crippen LogP contribution in [0.2, 0.25) is 0 Å². The fourth-order valence-electron chi connectivity index (χ4n) is 7.38. The standard InChI is InChI=1S/C36H44F2N3O7PS/c1-35(2,3)31(39-32(42)30-19-25-17-26(13-14-29(25)50-30)36(37,38)49(45,46)47)34(44)41-20-24-12-8-7-11-23(24)18-27(41)33(43)40-15-16-48-28(21-40)22-9-5-4-6-10-22/h7-8,11-14,17,19,22,27-28,31H,4-6,9-10,15-16,18,20-21H2,1-3H3,(H,39,42)(H2,45,46,47)/t27-,28?,31+/m0/s1. The Kier molecular flexibility index (Phi) is 10.3. The second-order valence-corrected chi connectivity index (χ2v) is 17.5. The van der Waals surface area contributed by atoms with E-state index >= 15 is 0 Å². The first-order chi connectivity index (χ1) is 23.5. The summed E-state index contributed by atoms with van der Waals surface area (Å²) in [4.78, 5) is 64.6. The highest BCUT2D eigenvalue weighted by atomic mass is 32.1. The van der Waals surface area contributed by atoms with Gasteiger partial charge in [-0.3, -0.25) is 18.9 Å². The molecule has 1 saturated heterocycles. The molecule has 14 heteroatoms. The number of thiophene rings is 1. The zero-order chi connectivity index (χ0) is 36.0. The Morgan fingerprint density at radius 3 is 2.40 bits per heavy atom. The van der Waals surface area contributed by atoms with Crippen LogP contribution in [0.3, 0.4) is 0 Å². The summed E-state index contributed by atoms with van der Waals surface area (Å²) in [7, 11) is -5.78. The average Bonchev–Trinajstić information content (AvgIpc) is 3.53. The molecule has 10 nitrogen and oxygen atoms in total. The number of nitrogens with zero attached hydrogens (tertiary/aromatic N) is 2. The van der Waals surface area contributed by atoms with Gasteiger partial charge in [-0.15, -0.1) is 11.3 Å². The first kappa shape index (κ1) is 36.6. The molecule has 1 aliphatic carbocycles. The summed E-state index contributed by atoms with van der Waals surface area (Å²) < 4.78 is 46.9. The van der Waals surface area contributed by atoms with Gasteiger partial charge in [0.2, 0.25) is 11.8 Å². The second kappa shape index (κ2) is 14.1. The van der Waals surface area contributed by atoms with E-state index in [1.54, 1.807) is 4.90 Å².